The number of nitrogens with one attached hydrogen (secondary N) is 1. The summed E-state index contributed by atoms with van der Waals surface area (Å²) in [6.45, 7) is 3.38. The van der Waals surface area contributed by atoms with Crippen molar-refractivity contribution in [2.24, 2.45) is 7.05 Å². The van der Waals surface area contributed by atoms with Crippen LogP contribution in [0.25, 0.3) is 0 Å². The zero-order valence-electron chi connectivity index (χ0n) is 11.5. The fraction of sp³-hybridized carbons (Fsp3) is 0.786. The maximum atomic E-state index is 4.36. The summed E-state index contributed by atoms with van der Waals surface area (Å²) in [6, 6.07) is 0.680. The van der Waals surface area contributed by atoms with Gasteiger partial charge in [-0.3, -0.25) is 4.68 Å². The molecule has 4 heteroatoms. The molecule has 1 aliphatic carbocycles. The topological polar surface area (TPSA) is 29.9 Å². The van der Waals surface area contributed by atoms with Crippen LogP contribution in [0.1, 0.15) is 57.1 Å². The van der Waals surface area contributed by atoms with E-state index in [4.69, 9.17) is 0 Å². The fourth-order valence-corrected chi connectivity index (χ4v) is 3.69. The molecule has 1 N–H and O–H groups in total. The Morgan fingerprint density at radius 1 is 1.44 bits per heavy atom. The first-order valence-electron chi connectivity index (χ1n) is 7.13. The molecule has 1 aromatic rings. The Balaban J connectivity index is 2.07. The summed E-state index contributed by atoms with van der Waals surface area (Å²) in [4.78, 5) is 0. The Labute approximate surface area is 118 Å². The normalized spacial score (nSPS) is 25.1. The van der Waals surface area contributed by atoms with E-state index in [2.05, 4.69) is 40.3 Å². The molecule has 1 fully saturated rings. The SMILES string of the molecule is CCCNC1CCCCC(c2c(Br)cnn2C)C1. The van der Waals surface area contributed by atoms with E-state index in [0.717, 1.165) is 6.54 Å². The summed E-state index contributed by atoms with van der Waals surface area (Å²) in [5.41, 5.74) is 1.38. The van der Waals surface area contributed by atoms with Crippen molar-refractivity contribution in [1.29, 1.82) is 0 Å². The van der Waals surface area contributed by atoms with Gasteiger partial charge in [-0.2, -0.15) is 5.10 Å². The Morgan fingerprint density at radius 3 is 2.89 bits per heavy atom. The number of hydrogen-bond acceptors (Lipinski definition) is 2. The monoisotopic (exact) mass is 313 g/mol. The van der Waals surface area contributed by atoms with Crippen molar-refractivity contribution in [1.82, 2.24) is 15.1 Å². The van der Waals surface area contributed by atoms with E-state index >= 15 is 0 Å². The third kappa shape index (κ3) is 3.35. The van der Waals surface area contributed by atoms with Crippen molar-refractivity contribution in [3.63, 3.8) is 0 Å². The van der Waals surface area contributed by atoms with E-state index < -0.39 is 0 Å². The van der Waals surface area contributed by atoms with Gasteiger partial charge in [0.15, 0.2) is 0 Å². The van der Waals surface area contributed by atoms with Crippen molar-refractivity contribution in [3.05, 3.63) is 16.4 Å². The molecule has 0 aliphatic heterocycles. The van der Waals surface area contributed by atoms with Crippen molar-refractivity contribution >= 4 is 15.9 Å². The number of aryl methyl sites for hydroxylation is 1. The zero-order chi connectivity index (χ0) is 13.0. The number of rotatable bonds is 4. The summed E-state index contributed by atoms with van der Waals surface area (Å²) >= 11 is 3.65. The Kier molecular flexibility index (Phi) is 5.25. The summed E-state index contributed by atoms with van der Waals surface area (Å²) < 4.78 is 3.21. The van der Waals surface area contributed by atoms with Crippen molar-refractivity contribution < 1.29 is 0 Å². The van der Waals surface area contributed by atoms with Gasteiger partial charge in [0, 0.05) is 19.0 Å². The largest absolute Gasteiger partial charge is 0.314 e. The molecule has 2 atom stereocenters. The molecule has 2 rings (SSSR count). The highest BCUT2D eigenvalue weighted by molar-refractivity contribution is 9.10. The van der Waals surface area contributed by atoms with Crippen LogP contribution in [0.4, 0.5) is 0 Å². The fourth-order valence-electron chi connectivity index (χ4n) is 3.02. The molecule has 0 radical (unpaired) electrons. The van der Waals surface area contributed by atoms with E-state index in [-0.39, 0.29) is 0 Å². The lowest BCUT2D eigenvalue weighted by Gasteiger charge is -2.21. The van der Waals surface area contributed by atoms with Gasteiger partial charge in [0.25, 0.3) is 0 Å². The predicted octanol–water partition coefficient (Wildman–Crippen LogP) is 3.60. The molecule has 3 nitrogen and oxygen atoms in total. The van der Waals surface area contributed by atoms with Gasteiger partial charge in [-0.05, 0) is 48.2 Å². The molecular formula is C14H24BrN3. The second-order valence-corrected chi connectivity index (χ2v) is 6.22. The van der Waals surface area contributed by atoms with Gasteiger partial charge in [0.2, 0.25) is 0 Å². The van der Waals surface area contributed by atoms with Crippen molar-refractivity contribution in [3.8, 4) is 0 Å². The molecule has 0 spiro atoms. The highest BCUT2D eigenvalue weighted by atomic mass is 79.9. The zero-order valence-corrected chi connectivity index (χ0v) is 13.0. The van der Waals surface area contributed by atoms with Crippen LogP contribution >= 0.6 is 15.9 Å². The van der Waals surface area contributed by atoms with Crippen LogP contribution in [0.2, 0.25) is 0 Å². The molecule has 102 valence electrons. The van der Waals surface area contributed by atoms with E-state index in [0.29, 0.717) is 12.0 Å². The minimum atomic E-state index is 0.642. The van der Waals surface area contributed by atoms with Crippen LogP contribution < -0.4 is 5.32 Å². The average Bonchev–Trinajstić information content (AvgIpc) is 2.57. The van der Waals surface area contributed by atoms with Crippen LogP contribution in [0.5, 0.6) is 0 Å². The van der Waals surface area contributed by atoms with Gasteiger partial charge >= 0.3 is 0 Å². The second kappa shape index (κ2) is 6.71. The highest BCUT2D eigenvalue weighted by Gasteiger charge is 2.24. The lowest BCUT2D eigenvalue weighted by molar-refractivity contribution is 0.429. The number of nitrogens with zero attached hydrogens (tertiary/aromatic N) is 2. The average molecular weight is 314 g/mol. The van der Waals surface area contributed by atoms with Crippen LogP contribution in [-0.2, 0) is 7.05 Å². The minimum absolute atomic E-state index is 0.642. The maximum Gasteiger partial charge on any atom is 0.0635 e. The first-order valence-corrected chi connectivity index (χ1v) is 7.92. The predicted molar refractivity (Wildman–Crippen MR) is 78.8 cm³/mol. The molecule has 1 aromatic heterocycles. The summed E-state index contributed by atoms with van der Waals surface area (Å²) in [7, 11) is 2.06. The number of aromatic nitrogens is 2. The van der Waals surface area contributed by atoms with Crippen LogP contribution in [0.15, 0.2) is 10.7 Å². The number of halogens is 1. The Morgan fingerprint density at radius 2 is 2.22 bits per heavy atom. The maximum absolute atomic E-state index is 4.36. The Bertz CT molecular complexity index is 356. The van der Waals surface area contributed by atoms with Gasteiger partial charge < -0.3 is 5.32 Å². The highest BCUT2D eigenvalue weighted by Crippen LogP contribution is 2.35. The molecule has 0 aromatic carbocycles. The van der Waals surface area contributed by atoms with E-state index in [9.17, 15) is 0 Å². The first-order chi connectivity index (χ1) is 8.72. The summed E-state index contributed by atoms with van der Waals surface area (Å²) in [5.74, 6) is 0.642. The molecule has 0 amide bonds. The molecule has 0 saturated heterocycles. The van der Waals surface area contributed by atoms with Gasteiger partial charge in [-0.1, -0.05) is 19.8 Å². The van der Waals surface area contributed by atoms with Crippen LogP contribution in [0, 0.1) is 0 Å². The lowest BCUT2D eigenvalue weighted by atomic mass is 9.94. The minimum Gasteiger partial charge on any atom is -0.314 e. The standard InChI is InChI=1S/C14H24BrN3/c1-3-8-16-12-7-5-4-6-11(9-12)14-13(15)10-17-18(14)2/h10-12,16H,3-9H2,1-2H3. The third-order valence-electron chi connectivity index (χ3n) is 3.93. The summed E-state index contributed by atoms with van der Waals surface area (Å²) in [6.07, 6.45) is 9.71. The molecular weight excluding hydrogens is 290 g/mol. The van der Waals surface area contributed by atoms with Crippen molar-refractivity contribution in [2.75, 3.05) is 6.54 Å². The quantitative estimate of drug-likeness (QED) is 0.861. The van der Waals surface area contributed by atoms with Gasteiger partial charge in [0.05, 0.1) is 16.4 Å². The van der Waals surface area contributed by atoms with Crippen LogP contribution in [-0.4, -0.2) is 22.4 Å². The first kappa shape index (κ1) is 14.1. The number of hydrogen-bond donors (Lipinski definition) is 1. The molecule has 1 heterocycles. The smallest absolute Gasteiger partial charge is 0.0635 e. The molecule has 1 saturated carbocycles. The molecule has 1 aliphatic rings. The van der Waals surface area contributed by atoms with E-state index in [1.807, 2.05) is 10.9 Å². The third-order valence-corrected chi connectivity index (χ3v) is 4.54. The van der Waals surface area contributed by atoms with Gasteiger partial charge in [-0.15, -0.1) is 0 Å². The molecule has 2 unspecified atom stereocenters. The molecule has 0 bridgehead atoms. The van der Waals surface area contributed by atoms with E-state index in [1.54, 1.807) is 0 Å². The Hall–Kier alpha value is -0.350. The second-order valence-electron chi connectivity index (χ2n) is 5.37. The van der Waals surface area contributed by atoms with Crippen molar-refractivity contribution in [2.45, 2.75) is 57.4 Å². The summed E-state index contributed by atoms with van der Waals surface area (Å²) in [5, 5.41) is 8.06. The lowest BCUT2D eigenvalue weighted by Crippen LogP contribution is -2.30. The van der Waals surface area contributed by atoms with Crippen LogP contribution in [0.3, 0.4) is 0 Å². The van der Waals surface area contributed by atoms with E-state index in [1.165, 1.54) is 48.7 Å². The molecule has 18 heavy (non-hydrogen) atoms. The van der Waals surface area contributed by atoms with Gasteiger partial charge in [-0.25, -0.2) is 0 Å². The van der Waals surface area contributed by atoms with Gasteiger partial charge in [0.1, 0.15) is 0 Å².